The van der Waals surface area contributed by atoms with E-state index in [4.69, 9.17) is 16.3 Å². The Balaban J connectivity index is 1.96. The first kappa shape index (κ1) is 19.2. The Morgan fingerprint density at radius 2 is 1.81 bits per heavy atom. The number of urea groups is 1. The lowest BCUT2D eigenvalue weighted by molar-refractivity contribution is -0.118. The van der Waals surface area contributed by atoms with Crippen LogP contribution < -0.4 is 9.64 Å². The van der Waals surface area contributed by atoms with E-state index in [0.717, 1.165) is 4.31 Å². The van der Waals surface area contributed by atoms with Crippen LogP contribution in [0, 0.1) is 0 Å². The summed E-state index contributed by atoms with van der Waals surface area (Å²) in [5.41, 5.74) is 0.836. The number of fused-ring (bicyclic) bond motifs is 1. The van der Waals surface area contributed by atoms with Crippen LogP contribution in [-0.2, 0) is 21.4 Å². The Morgan fingerprint density at radius 3 is 2.44 bits per heavy atom. The van der Waals surface area contributed by atoms with Crippen molar-refractivity contribution in [2.24, 2.45) is 0 Å². The SMILES string of the molecule is CC(=O)COc1ccc2c(c1)N(C)C(=O)N(Cc1ccc(Cl)cc1)S2(=O)=O. The van der Waals surface area contributed by atoms with Gasteiger partial charge < -0.3 is 4.74 Å². The molecule has 3 rings (SSSR count). The van der Waals surface area contributed by atoms with E-state index in [1.807, 2.05) is 0 Å². The molecule has 2 amide bonds. The summed E-state index contributed by atoms with van der Waals surface area (Å²) in [4.78, 5) is 25.0. The quantitative estimate of drug-likeness (QED) is 0.759. The summed E-state index contributed by atoms with van der Waals surface area (Å²) < 4.78 is 32.1. The van der Waals surface area contributed by atoms with Gasteiger partial charge in [-0.1, -0.05) is 23.7 Å². The number of benzene rings is 2. The zero-order valence-corrected chi connectivity index (χ0v) is 16.2. The van der Waals surface area contributed by atoms with Crippen LogP contribution in [0.3, 0.4) is 0 Å². The molecule has 142 valence electrons. The molecule has 0 saturated heterocycles. The Hall–Kier alpha value is -2.58. The fourth-order valence-corrected chi connectivity index (χ4v) is 4.36. The summed E-state index contributed by atoms with van der Waals surface area (Å²) in [5.74, 6) is 0.142. The second-order valence-corrected chi connectivity index (χ2v) is 8.37. The molecule has 1 aliphatic heterocycles. The normalized spacial score (nSPS) is 15.4. The van der Waals surface area contributed by atoms with Crippen molar-refractivity contribution in [1.82, 2.24) is 4.31 Å². The maximum absolute atomic E-state index is 13.0. The van der Waals surface area contributed by atoms with Crippen LogP contribution in [0.15, 0.2) is 47.4 Å². The molecule has 0 radical (unpaired) electrons. The molecule has 2 aromatic rings. The van der Waals surface area contributed by atoms with Crippen molar-refractivity contribution in [1.29, 1.82) is 0 Å². The predicted octanol–water partition coefficient (Wildman–Crippen LogP) is 3.07. The number of hydrogen-bond donors (Lipinski definition) is 0. The van der Waals surface area contributed by atoms with Gasteiger partial charge in [-0.15, -0.1) is 0 Å². The number of sulfonamides is 1. The number of hydrogen-bond acceptors (Lipinski definition) is 5. The van der Waals surface area contributed by atoms with Crippen molar-refractivity contribution in [2.75, 3.05) is 18.6 Å². The minimum atomic E-state index is -4.03. The number of Topliss-reactive ketones (excluding diaryl/α,β-unsaturated/α-hetero) is 1. The number of carbonyl (C=O) groups is 2. The Kier molecular flexibility index (Phi) is 5.12. The van der Waals surface area contributed by atoms with Crippen molar-refractivity contribution in [3.05, 3.63) is 53.1 Å². The van der Waals surface area contributed by atoms with Gasteiger partial charge in [0.15, 0.2) is 5.78 Å². The molecule has 0 atom stereocenters. The van der Waals surface area contributed by atoms with Gasteiger partial charge in [0, 0.05) is 18.1 Å². The van der Waals surface area contributed by atoms with Crippen molar-refractivity contribution in [3.8, 4) is 5.75 Å². The van der Waals surface area contributed by atoms with Gasteiger partial charge in [0.25, 0.3) is 10.0 Å². The van der Waals surface area contributed by atoms with Crippen LogP contribution in [0.2, 0.25) is 5.02 Å². The number of ketones is 1. The molecule has 0 aliphatic carbocycles. The minimum absolute atomic E-state index is 0.00580. The molecular weight excluding hydrogens is 392 g/mol. The standard InChI is InChI=1S/C18H17ClN2O5S/c1-12(22)11-26-15-7-8-17-16(9-15)20(2)18(23)21(27(17,24)25)10-13-3-5-14(19)6-4-13/h3-9H,10-11H2,1-2H3. The first-order valence-corrected chi connectivity index (χ1v) is 9.83. The van der Waals surface area contributed by atoms with Crippen LogP contribution >= 0.6 is 11.6 Å². The van der Waals surface area contributed by atoms with E-state index in [-0.39, 0.29) is 29.5 Å². The molecule has 0 spiro atoms. The number of amides is 2. The first-order valence-electron chi connectivity index (χ1n) is 8.01. The van der Waals surface area contributed by atoms with Crippen molar-refractivity contribution < 1.29 is 22.7 Å². The molecule has 0 saturated carbocycles. The van der Waals surface area contributed by atoms with Gasteiger partial charge in [0.05, 0.1) is 12.2 Å². The van der Waals surface area contributed by atoms with Gasteiger partial charge in [-0.25, -0.2) is 17.5 Å². The summed E-state index contributed by atoms with van der Waals surface area (Å²) in [7, 11) is -2.55. The van der Waals surface area contributed by atoms with E-state index < -0.39 is 16.1 Å². The third-order valence-corrected chi connectivity index (χ3v) is 6.06. The van der Waals surface area contributed by atoms with Crippen molar-refractivity contribution in [2.45, 2.75) is 18.4 Å². The second kappa shape index (κ2) is 7.21. The molecule has 2 aromatic carbocycles. The lowest BCUT2D eigenvalue weighted by Crippen LogP contribution is -2.48. The summed E-state index contributed by atoms with van der Waals surface area (Å²) in [6.45, 7) is 1.14. The minimum Gasteiger partial charge on any atom is -0.486 e. The summed E-state index contributed by atoms with van der Waals surface area (Å²) in [6, 6.07) is 10.2. The second-order valence-electron chi connectivity index (χ2n) is 6.10. The highest BCUT2D eigenvalue weighted by atomic mass is 35.5. The molecule has 0 bridgehead atoms. The maximum Gasteiger partial charge on any atom is 0.338 e. The summed E-state index contributed by atoms with van der Waals surface area (Å²) >= 11 is 5.85. The molecule has 0 N–H and O–H groups in total. The molecule has 27 heavy (non-hydrogen) atoms. The van der Waals surface area contributed by atoms with E-state index in [1.54, 1.807) is 24.3 Å². The fourth-order valence-electron chi connectivity index (χ4n) is 2.65. The van der Waals surface area contributed by atoms with Crippen LogP contribution in [0.1, 0.15) is 12.5 Å². The molecule has 0 aromatic heterocycles. The highest BCUT2D eigenvalue weighted by Gasteiger charge is 2.40. The average Bonchev–Trinajstić information content (AvgIpc) is 2.63. The Morgan fingerprint density at radius 1 is 1.15 bits per heavy atom. The third kappa shape index (κ3) is 3.77. The number of ether oxygens (including phenoxy) is 1. The van der Waals surface area contributed by atoms with Crippen LogP contribution in [-0.4, -0.2) is 38.2 Å². The Bertz CT molecular complexity index is 1000. The zero-order chi connectivity index (χ0) is 19.8. The lowest BCUT2D eigenvalue weighted by Gasteiger charge is -2.34. The summed E-state index contributed by atoms with van der Waals surface area (Å²) in [6.07, 6.45) is 0. The van der Waals surface area contributed by atoms with E-state index in [1.165, 1.54) is 37.1 Å². The monoisotopic (exact) mass is 408 g/mol. The molecule has 1 heterocycles. The third-order valence-electron chi connectivity index (χ3n) is 4.04. The molecule has 9 heteroatoms. The highest BCUT2D eigenvalue weighted by molar-refractivity contribution is 7.90. The van der Waals surface area contributed by atoms with E-state index in [2.05, 4.69) is 0 Å². The van der Waals surface area contributed by atoms with Gasteiger partial charge in [0.2, 0.25) is 0 Å². The van der Waals surface area contributed by atoms with E-state index in [0.29, 0.717) is 16.3 Å². The number of carbonyl (C=O) groups excluding carboxylic acids is 2. The van der Waals surface area contributed by atoms with Crippen molar-refractivity contribution >= 4 is 39.1 Å². The van der Waals surface area contributed by atoms with Crippen LogP contribution in [0.5, 0.6) is 5.75 Å². The van der Waals surface area contributed by atoms with Gasteiger partial charge >= 0.3 is 6.03 Å². The molecular formula is C18H17ClN2O5S. The molecule has 0 fully saturated rings. The number of halogens is 1. The number of anilines is 1. The Labute approximate surface area is 162 Å². The smallest absolute Gasteiger partial charge is 0.338 e. The largest absolute Gasteiger partial charge is 0.486 e. The van der Waals surface area contributed by atoms with Crippen molar-refractivity contribution in [3.63, 3.8) is 0 Å². The lowest BCUT2D eigenvalue weighted by atomic mass is 10.2. The molecule has 7 nitrogen and oxygen atoms in total. The topological polar surface area (TPSA) is 84.0 Å². The van der Waals surface area contributed by atoms with Gasteiger partial charge in [-0.05, 0) is 36.8 Å². The number of rotatable bonds is 5. The van der Waals surface area contributed by atoms with Gasteiger partial charge in [0.1, 0.15) is 17.3 Å². The van der Waals surface area contributed by atoms with Crippen LogP contribution in [0.25, 0.3) is 0 Å². The highest BCUT2D eigenvalue weighted by Crippen LogP contribution is 2.36. The van der Waals surface area contributed by atoms with E-state index in [9.17, 15) is 18.0 Å². The summed E-state index contributed by atoms with van der Waals surface area (Å²) in [5, 5.41) is 0.520. The molecule has 1 aliphatic rings. The van der Waals surface area contributed by atoms with Gasteiger partial charge in [-0.3, -0.25) is 9.69 Å². The first-order chi connectivity index (χ1) is 12.7. The molecule has 0 unspecified atom stereocenters. The predicted molar refractivity (Wildman–Crippen MR) is 101 cm³/mol. The average molecular weight is 409 g/mol. The zero-order valence-electron chi connectivity index (χ0n) is 14.7. The van der Waals surface area contributed by atoms with Gasteiger partial charge in [-0.2, -0.15) is 0 Å². The number of nitrogens with zero attached hydrogens (tertiary/aromatic N) is 2. The maximum atomic E-state index is 13.0. The fraction of sp³-hybridized carbons (Fsp3) is 0.222. The van der Waals surface area contributed by atoms with E-state index >= 15 is 0 Å². The van der Waals surface area contributed by atoms with Crippen LogP contribution in [0.4, 0.5) is 10.5 Å².